The fraction of sp³-hybridized carbons (Fsp3) is 0.250. The predicted octanol–water partition coefficient (Wildman–Crippen LogP) is 2.90. The van der Waals surface area contributed by atoms with Gasteiger partial charge >= 0.3 is 0 Å². The first-order chi connectivity index (χ1) is 8.63. The van der Waals surface area contributed by atoms with Gasteiger partial charge in [-0.25, -0.2) is 4.39 Å². The number of aromatic nitrogens is 2. The number of hydrogen-bond donors (Lipinski definition) is 2. The van der Waals surface area contributed by atoms with Gasteiger partial charge < -0.3 is 10.6 Å². The van der Waals surface area contributed by atoms with E-state index in [1.807, 2.05) is 19.4 Å². The molecule has 0 aliphatic carbocycles. The zero-order valence-electron chi connectivity index (χ0n) is 9.74. The maximum Gasteiger partial charge on any atom is 0.139 e. The number of aryl methyl sites for hydroxylation is 1. The lowest BCUT2D eigenvalue weighted by molar-refractivity contribution is 0.620. The fourth-order valence-electron chi connectivity index (χ4n) is 2.08. The van der Waals surface area contributed by atoms with Crippen molar-refractivity contribution in [2.75, 3.05) is 17.2 Å². The Morgan fingerprint density at radius 3 is 3.00 bits per heavy atom. The van der Waals surface area contributed by atoms with Crippen molar-refractivity contribution in [2.45, 2.75) is 6.04 Å². The molecule has 3 rings (SSSR count). The van der Waals surface area contributed by atoms with Crippen molar-refractivity contribution >= 4 is 27.3 Å². The summed E-state index contributed by atoms with van der Waals surface area (Å²) in [4.78, 5) is 0. The van der Waals surface area contributed by atoms with Gasteiger partial charge in [-0.15, -0.1) is 0 Å². The van der Waals surface area contributed by atoms with Crippen LogP contribution in [0.1, 0.15) is 11.6 Å². The van der Waals surface area contributed by atoms with Crippen LogP contribution < -0.4 is 10.6 Å². The molecule has 1 unspecified atom stereocenters. The second-order valence-corrected chi connectivity index (χ2v) is 5.19. The molecule has 0 saturated heterocycles. The van der Waals surface area contributed by atoms with Gasteiger partial charge in [0, 0.05) is 31.4 Å². The van der Waals surface area contributed by atoms with E-state index in [2.05, 4.69) is 31.7 Å². The molecule has 1 aliphatic rings. The summed E-state index contributed by atoms with van der Waals surface area (Å²) in [6.45, 7) is 0.708. The molecule has 0 fully saturated rings. The summed E-state index contributed by atoms with van der Waals surface area (Å²) < 4.78 is 15.6. The number of benzene rings is 1. The maximum absolute atomic E-state index is 13.4. The van der Waals surface area contributed by atoms with Crippen LogP contribution in [0.25, 0.3) is 0 Å². The van der Waals surface area contributed by atoms with E-state index >= 15 is 0 Å². The summed E-state index contributed by atoms with van der Waals surface area (Å²) in [6, 6.07) is 3.38. The summed E-state index contributed by atoms with van der Waals surface area (Å²) in [5.74, 6) is -0.261. The molecule has 94 valence electrons. The van der Waals surface area contributed by atoms with Crippen molar-refractivity contribution in [3.8, 4) is 0 Å². The van der Waals surface area contributed by atoms with Crippen LogP contribution in [0.5, 0.6) is 0 Å². The smallest absolute Gasteiger partial charge is 0.139 e. The van der Waals surface area contributed by atoms with Gasteiger partial charge in [-0.05, 0) is 22.0 Å². The fourth-order valence-corrected chi connectivity index (χ4v) is 2.43. The summed E-state index contributed by atoms with van der Waals surface area (Å²) in [5, 5.41) is 10.8. The van der Waals surface area contributed by atoms with Crippen molar-refractivity contribution in [1.29, 1.82) is 0 Å². The molecule has 0 spiro atoms. The molecule has 2 N–H and O–H groups in total. The van der Waals surface area contributed by atoms with Crippen LogP contribution in [-0.4, -0.2) is 16.3 Å². The van der Waals surface area contributed by atoms with Crippen LogP contribution in [0, 0.1) is 5.82 Å². The van der Waals surface area contributed by atoms with Gasteiger partial charge in [0.1, 0.15) is 5.82 Å². The molecule has 1 aromatic carbocycles. The average Bonchev–Trinajstić information content (AvgIpc) is 2.77. The number of nitrogens with one attached hydrogen (secondary N) is 2. The van der Waals surface area contributed by atoms with Crippen molar-refractivity contribution in [2.24, 2.45) is 7.05 Å². The first-order valence-corrected chi connectivity index (χ1v) is 6.41. The minimum Gasteiger partial charge on any atom is -0.381 e. The molecule has 1 aliphatic heterocycles. The zero-order chi connectivity index (χ0) is 12.7. The van der Waals surface area contributed by atoms with Gasteiger partial charge in [0.25, 0.3) is 0 Å². The Labute approximate surface area is 112 Å². The number of halogens is 2. The Morgan fingerprint density at radius 2 is 2.28 bits per heavy atom. The Hall–Kier alpha value is -1.56. The third kappa shape index (κ3) is 1.96. The second kappa shape index (κ2) is 4.28. The van der Waals surface area contributed by atoms with Crippen LogP contribution in [0.2, 0.25) is 0 Å². The Morgan fingerprint density at radius 1 is 1.44 bits per heavy atom. The van der Waals surface area contributed by atoms with Gasteiger partial charge in [-0.1, -0.05) is 0 Å². The van der Waals surface area contributed by atoms with Crippen molar-refractivity contribution < 1.29 is 4.39 Å². The van der Waals surface area contributed by atoms with Gasteiger partial charge in [0.05, 0.1) is 28.1 Å². The quantitative estimate of drug-likeness (QED) is 0.851. The summed E-state index contributed by atoms with van der Waals surface area (Å²) in [7, 11) is 1.89. The maximum atomic E-state index is 13.4. The molecule has 1 atom stereocenters. The lowest BCUT2D eigenvalue weighted by Gasteiger charge is -2.28. The number of fused-ring (bicyclic) bond motifs is 1. The van der Waals surface area contributed by atoms with E-state index in [4.69, 9.17) is 0 Å². The molecule has 0 amide bonds. The highest BCUT2D eigenvalue weighted by Crippen LogP contribution is 2.34. The standard InChI is InChI=1S/C12H12BrFN4/c1-18-6-7(4-16-18)12-5-15-10-3-9(14)8(13)2-11(10)17-12/h2-4,6,12,15,17H,5H2,1H3. The van der Waals surface area contributed by atoms with Crippen LogP contribution in [0.15, 0.2) is 29.0 Å². The van der Waals surface area contributed by atoms with Crippen molar-refractivity contribution in [3.05, 3.63) is 40.4 Å². The van der Waals surface area contributed by atoms with Crippen molar-refractivity contribution in [3.63, 3.8) is 0 Å². The minimum absolute atomic E-state index is 0.142. The molecular weight excluding hydrogens is 299 g/mol. The van der Waals surface area contributed by atoms with E-state index in [1.165, 1.54) is 6.07 Å². The van der Waals surface area contributed by atoms with E-state index in [0.717, 1.165) is 16.9 Å². The van der Waals surface area contributed by atoms with E-state index in [9.17, 15) is 4.39 Å². The minimum atomic E-state index is -0.261. The van der Waals surface area contributed by atoms with Gasteiger partial charge in [-0.3, -0.25) is 4.68 Å². The monoisotopic (exact) mass is 310 g/mol. The summed E-state index contributed by atoms with van der Waals surface area (Å²) >= 11 is 3.20. The topological polar surface area (TPSA) is 41.9 Å². The van der Waals surface area contributed by atoms with E-state index in [0.29, 0.717) is 11.0 Å². The molecule has 18 heavy (non-hydrogen) atoms. The lowest BCUT2D eigenvalue weighted by Crippen LogP contribution is -2.25. The molecule has 4 nitrogen and oxygen atoms in total. The number of hydrogen-bond acceptors (Lipinski definition) is 3. The second-order valence-electron chi connectivity index (χ2n) is 4.34. The number of anilines is 2. The number of nitrogens with zero attached hydrogens (tertiary/aromatic N) is 2. The van der Waals surface area contributed by atoms with Crippen LogP contribution in [0.4, 0.5) is 15.8 Å². The van der Waals surface area contributed by atoms with Crippen molar-refractivity contribution in [1.82, 2.24) is 9.78 Å². The Kier molecular flexibility index (Phi) is 2.74. The molecule has 2 heterocycles. The first kappa shape index (κ1) is 11.5. The van der Waals surface area contributed by atoms with E-state index in [-0.39, 0.29) is 11.9 Å². The molecule has 0 bridgehead atoms. The van der Waals surface area contributed by atoms with Crippen LogP contribution in [0.3, 0.4) is 0 Å². The third-order valence-corrected chi connectivity index (χ3v) is 3.62. The van der Waals surface area contributed by atoms with Gasteiger partial charge in [-0.2, -0.15) is 5.10 Å². The highest BCUT2D eigenvalue weighted by molar-refractivity contribution is 9.10. The molecular formula is C12H12BrFN4. The summed E-state index contributed by atoms with van der Waals surface area (Å²) in [5.41, 5.74) is 2.79. The highest BCUT2D eigenvalue weighted by Gasteiger charge is 2.21. The molecule has 2 aromatic rings. The van der Waals surface area contributed by atoms with E-state index < -0.39 is 0 Å². The normalized spacial score (nSPS) is 17.8. The first-order valence-electron chi connectivity index (χ1n) is 5.61. The molecule has 1 aromatic heterocycles. The molecule has 0 radical (unpaired) electrons. The molecule has 0 saturated carbocycles. The SMILES string of the molecule is Cn1cc(C2CNc3cc(F)c(Br)cc3N2)cn1. The third-order valence-electron chi connectivity index (χ3n) is 3.01. The Balaban J connectivity index is 1.91. The molecule has 6 heteroatoms. The van der Waals surface area contributed by atoms with Gasteiger partial charge in [0.15, 0.2) is 0 Å². The average molecular weight is 311 g/mol. The number of rotatable bonds is 1. The Bertz CT molecular complexity index is 596. The van der Waals surface area contributed by atoms with Crippen LogP contribution in [-0.2, 0) is 7.05 Å². The van der Waals surface area contributed by atoms with Gasteiger partial charge in [0.2, 0.25) is 0 Å². The predicted molar refractivity (Wildman–Crippen MR) is 72.2 cm³/mol. The summed E-state index contributed by atoms with van der Waals surface area (Å²) in [6.07, 6.45) is 3.81. The van der Waals surface area contributed by atoms with Crippen LogP contribution >= 0.6 is 15.9 Å². The highest BCUT2D eigenvalue weighted by atomic mass is 79.9. The van der Waals surface area contributed by atoms with E-state index in [1.54, 1.807) is 10.7 Å². The zero-order valence-corrected chi connectivity index (χ0v) is 11.3. The lowest BCUT2D eigenvalue weighted by atomic mass is 10.1. The largest absolute Gasteiger partial charge is 0.381 e.